The van der Waals surface area contributed by atoms with Crippen molar-refractivity contribution >= 4 is 16.1 Å². The van der Waals surface area contributed by atoms with Crippen LogP contribution in [0.5, 0.6) is 0 Å². The molecule has 0 aromatic rings. The molecule has 2 fully saturated rings. The SMILES string of the molecule is CCC(O)(CC)C1C2CC(C(=O)OCCC(F)C(F)(F)S(=O)(=O)[O-])C(C2)C1C(O)(CC)CC. The van der Waals surface area contributed by atoms with Crippen LogP contribution in [0.4, 0.5) is 13.2 Å². The van der Waals surface area contributed by atoms with E-state index in [4.69, 9.17) is 4.74 Å². The lowest BCUT2D eigenvalue weighted by Gasteiger charge is -2.50. The number of carbonyl (C=O) groups is 1. The average Bonchev–Trinajstić information content (AvgIpc) is 3.36. The standard InChI is InChI=1S/C22H37F3O7S/c1-5-20(27,6-2)17-13-11-14(18(17)21(28,7-3)8-4)15(12-13)19(26)32-10-9-16(23)22(24,25)33(29,30)31/h13-18,27-28H,5-12H2,1-4H3,(H,29,30,31)/p-1. The third-order valence-electron chi connectivity index (χ3n) is 8.31. The van der Waals surface area contributed by atoms with Crippen LogP contribution in [0.1, 0.15) is 72.6 Å². The summed E-state index contributed by atoms with van der Waals surface area (Å²) < 4.78 is 76.8. The van der Waals surface area contributed by atoms with Crippen LogP contribution in [0.25, 0.3) is 0 Å². The van der Waals surface area contributed by atoms with Gasteiger partial charge < -0.3 is 19.5 Å². The van der Waals surface area contributed by atoms with E-state index in [0.29, 0.717) is 38.5 Å². The highest BCUT2D eigenvalue weighted by Gasteiger charge is 2.64. The van der Waals surface area contributed by atoms with Crippen LogP contribution in [0.15, 0.2) is 0 Å². The van der Waals surface area contributed by atoms with E-state index in [1.54, 1.807) is 0 Å². The van der Waals surface area contributed by atoms with E-state index in [1.165, 1.54) is 0 Å². The molecule has 2 N–H and O–H groups in total. The maximum Gasteiger partial charge on any atom is 0.364 e. The molecule has 7 nitrogen and oxygen atoms in total. The molecule has 2 saturated carbocycles. The molecular weight excluding hydrogens is 465 g/mol. The molecule has 2 aliphatic carbocycles. The van der Waals surface area contributed by atoms with Crippen molar-refractivity contribution in [3.05, 3.63) is 0 Å². The highest BCUT2D eigenvalue weighted by Crippen LogP contribution is 2.63. The number of ether oxygens (including phenoxy) is 1. The first-order chi connectivity index (χ1) is 15.1. The molecule has 0 spiro atoms. The first-order valence-electron chi connectivity index (χ1n) is 11.7. The summed E-state index contributed by atoms with van der Waals surface area (Å²) in [7, 11) is -6.18. The lowest BCUT2D eigenvalue weighted by Crippen LogP contribution is -2.54. The van der Waals surface area contributed by atoms with E-state index < -0.39 is 57.7 Å². The number of alkyl halides is 3. The van der Waals surface area contributed by atoms with Crippen LogP contribution in [-0.2, 0) is 19.6 Å². The van der Waals surface area contributed by atoms with E-state index in [1.807, 2.05) is 27.7 Å². The first kappa shape index (κ1) is 28.3. The zero-order valence-electron chi connectivity index (χ0n) is 19.6. The lowest BCUT2D eigenvalue weighted by atomic mass is 9.59. The number of halogens is 3. The van der Waals surface area contributed by atoms with E-state index >= 15 is 0 Å². The van der Waals surface area contributed by atoms with Gasteiger partial charge in [0.15, 0.2) is 16.3 Å². The Hall–Kier alpha value is -0.910. The summed E-state index contributed by atoms with van der Waals surface area (Å²) in [5, 5.41) is 17.6. The summed E-state index contributed by atoms with van der Waals surface area (Å²) >= 11 is 0. The van der Waals surface area contributed by atoms with Gasteiger partial charge in [-0.25, -0.2) is 12.8 Å². The Morgan fingerprint density at radius 1 is 1.03 bits per heavy atom. The number of hydrogen-bond donors (Lipinski definition) is 2. The van der Waals surface area contributed by atoms with Crippen molar-refractivity contribution in [3.63, 3.8) is 0 Å². The van der Waals surface area contributed by atoms with Crippen LogP contribution >= 0.6 is 0 Å². The molecule has 0 aliphatic heterocycles. The molecule has 2 aliphatic rings. The lowest BCUT2D eigenvalue weighted by molar-refractivity contribution is -0.167. The third-order valence-corrected chi connectivity index (χ3v) is 9.23. The van der Waals surface area contributed by atoms with Gasteiger partial charge in [-0.2, -0.15) is 8.78 Å². The Balaban J connectivity index is 2.16. The average molecular weight is 502 g/mol. The number of carbonyl (C=O) groups excluding carboxylic acids is 1. The summed E-state index contributed by atoms with van der Waals surface area (Å²) in [6.45, 7) is 6.68. The molecule has 2 rings (SSSR count). The molecule has 2 bridgehead atoms. The smallest absolute Gasteiger partial charge is 0.364 e. The van der Waals surface area contributed by atoms with Gasteiger partial charge in [-0.1, -0.05) is 27.7 Å². The summed E-state index contributed by atoms with van der Waals surface area (Å²) in [4.78, 5) is 12.8. The van der Waals surface area contributed by atoms with Gasteiger partial charge in [0.1, 0.15) is 0 Å². The Labute approximate surface area is 193 Å². The van der Waals surface area contributed by atoms with Crippen molar-refractivity contribution in [3.8, 4) is 0 Å². The number of esters is 1. The van der Waals surface area contributed by atoms with Crippen molar-refractivity contribution in [2.24, 2.45) is 29.6 Å². The quantitative estimate of drug-likeness (QED) is 0.310. The molecule has 0 radical (unpaired) electrons. The second-order valence-corrected chi connectivity index (χ2v) is 11.1. The topological polar surface area (TPSA) is 124 Å². The van der Waals surface area contributed by atoms with Gasteiger partial charge in [-0.3, -0.25) is 4.79 Å². The van der Waals surface area contributed by atoms with Crippen molar-refractivity contribution < 1.29 is 45.9 Å². The number of aliphatic hydroxyl groups is 2. The highest BCUT2D eigenvalue weighted by molar-refractivity contribution is 7.86. The van der Waals surface area contributed by atoms with Gasteiger partial charge in [0.2, 0.25) is 0 Å². The molecule has 0 amide bonds. The van der Waals surface area contributed by atoms with Crippen LogP contribution in [0.3, 0.4) is 0 Å². The molecule has 194 valence electrons. The fourth-order valence-corrected chi connectivity index (χ4v) is 6.71. The maximum atomic E-state index is 13.6. The van der Waals surface area contributed by atoms with Gasteiger partial charge in [0.05, 0.1) is 23.7 Å². The van der Waals surface area contributed by atoms with Gasteiger partial charge in [0.25, 0.3) is 0 Å². The Morgan fingerprint density at radius 2 is 1.52 bits per heavy atom. The van der Waals surface area contributed by atoms with Crippen molar-refractivity contribution in [1.82, 2.24) is 0 Å². The normalized spacial score (nSPS) is 29.3. The summed E-state index contributed by atoms with van der Waals surface area (Å²) in [6.07, 6.45) is -1.55. The molecule has 0 aromatic carbocycles. The molecule has 0 heterocycles. The predicted molar refractivity (Wildman–Crippen MR) is 113 cm³/mol. The molecule has 6 unspecified atom stereocenters. The first-order valence-corrected chi connectivity index (χ1v) is 13.1. The van der Waals surface area contributed by atoms with Crippen LogP contribution in [0.2, 0.25) is 0 Å². The molecule has 0 aromatic heterocycles. The van der Waals surface area contributed by atoms with Crippen LogP contribution in [-0.4, -0.2) is 58.4 Å². The predicted octanol–water partition coefficient (Wildman–Crippen LogP) is 3.39. The van der Waals surface area contributed by atoms with Gasteiger partial charge >= 0.3 is 11.2 Å². The molecule has 11 heteroatoms. The van der Waals surface area contributed by atoms with E-state index in [-0.39, 0.29) is 23.7 Å². The van der Waals surface area contributed by atoms with Crippen LogP contribution in [0, 0.1) is 29.6 Å². The Kier molecular flexibility index (Phi) is 8.57. The largest absolute Gasteiger partial charge is 0.743 e. The second-order valence-electron chi connectivity index (χ2n) is 9.61. The Morgan fingerprint density at radius 3 is 1.97 bits per heavy atom. The Bertz CT molecular complexity index is 796. The maximum absolute atomic E-state index is 13.6. The van der Waals surface area contributed by atoms with Crippen LogP contribution < -0.4 is 0 Å². The van der Waals surface area contributed by atoms with Crippen molar-refractivity contribution in [2.45, 2.75) is 95.3 Å². The summed E-state index contributed by atoms with van der Waals surface area (Å²) in [6, 6.07) is 0. The zero-order chi connectivity index (χ0) is 25.4. The minimum Gasteiger partial charge on any atom is -0.743 e. The summed E-state index contributed by atoms with van der Waals surface area (Å²) in [5.74, 6) is -2.25. The zero-order valence-corrected chi connectivity index (χ0v) is 20.4. The van der Waals surface area contributed by atoms with Gasteiger partial charge in [-0.05, 0) is 62.2 Å². The minimum absolute atomic E-state index is 0.0315. The van der Waals surface area contributed by atoms with Crippen molar-refractivity contribution in [1.29, 1.82) is 0 Å². The van der Waals surface area contributed by atoms with Crippen molar-refractivity contribution in [2.75, 3.05) is 6.61 Å². The molecular formula is C22H36F3O7S-. The molecule has 0 saturated heterocycles. The van der Waals surface area contributed by atoms with Gasteiger partial charge in [-0.15, -0.1) is 0 Å². The van der Waals surface area contributed by atoms with E-state index in [9.17, 15) is 41.1 Å². The molecule has 33 heavy (non-hydrogen) atoms. The minimum atomic E-state index is -6.18. The molecule has 6 atom stereocenters. The van der Waals surface area contributed by atoms with E-state index in [0.717, 1.165) is 0 Å². The van der Waals surface area contributed by atoms with E-state index in [2.05, 4.69) is 0 Å². The second kappa shape index (κ2) is 9.99. The fraction of sp³-hybridized carbons (Fsp3) is 0.955. The fourth-order valence-electron chi connectivity index (χ4n) is 6.27. The van der Waals surface area contributed by atoms with Gasteiger partial charge in [0, 0.05) is 6.42 Å². The monoisotopic (exact) mass is 501 g/mol. The number of rotatable bonds is 12. The highest BCUT2D eigenvalue weighted by atomic mass is 32.2. The number of fused-ring (bicyclic) bond motifs is 2. The number of hydrogen-bond acceptors (Lipinski definition) is 7. The summed E-state index contributed by atoms with van der Waals surface area (Å²) in [5.41, 5.74) is -2.09. The third kappa shape index (κ3) is 5.06.